The van der Waals surface area contributed by atoms with Gasteiger partial charge in [-0.05, 0) is 45.1 Å². The molecule has 3 heteroatoms. The first-order chi connectivity index (χ1) is 8.31. The van der Waals surface area contributed by atoms with Crippen LogP contribution in [0.4, 0.5) is 0 Å². The molecule has 0 amide bonds. The van der Waals surface area contributed by atoms with Crippen molar-refractivity contribution in [2.45, 2.75) is 57.4 Å². The molecule has 98 valence electrons. The van der Waals surface area contributed by atoms with Crippen molar-refractivity contribution in [3.05, 3.63) is 0 Å². The van der Waals surface area contributed by atoms with Gasteiger partial charge >= 0.3 is 0 Å². The summed E-state index contributed by atoms with van der Waals surface area (Å²) in [5.41, 5.74) is 0. The Labute approximate surface area is 104 Å². The second-order valence-electron chi connectivity index (χ2n) is 5.58. The molecular formula is C14H25NO2. The molecule has 0 aromatic rings. The van der Waals surface area contributed by atoms with Gasteiger partial charge in [-0.15, -0.1) is 0 Å². The average Bonchev–Trinajstić information content (AvgIpc) is 2.97. The molecular weight excluding hydrogens is 214 g/mol. The Balaban J connectivity index is 1.78. The topological polar surface area (TPSA) is 40.5 Å². The number of rotatable bonds is 6. The number of hydrogen-bond donors (Lipinski definition) is 1. The molecule has 2 fully saturated rings. The van der Waals surface area contributed by atoms with Crippen molar-refractivity contribution < 1.29 is 9.90 Å². The van der Waals surface area contributed by atoms with E-state index >= 15 is 0 Å². The fraction of sp³-hybridized carbons (Fsp3) is 0.929. The first kappa shape index (κ1) is 13.0. The van der Waals surface area contributed by atoms with Crippen molar-refractivity contribution in [3.63, 3.8) is 0 Å². The molecule has 0 aromatic heterocycles. The van der Waals surface area contributed by atoms with Crippen molar-refractivity contribution >= 4 is 5.78 Å². The summed E-state index contributed by atoms with van der Waals surface area (Å²) in [6.45, 7) is 2.02. The predicted molar refractivity (Wildman–Crippen MR) is 67.9 cm³/mol. The van der Waals surface area contributed by atoms with Crippen molar-refractivity contribution in [2.24, 2.45) is 5.92 Å². The van der Waals surface area contributed by atoms with Gasteiger partial charge in [0.15, 0.2) is 0 Å². The monoisotopic (exact) mass is 239 g/mol. The normalized spacial score (nSPS) is 26.8. The zero-order valence-electron chi connectivity index (χ0n) is 10.7. The summed E-state index contributed by atoms with van der Waals surface area (Å²) in [5.74, 6) is 0.826. The largest absolute Gasteiger partial charge is 0.396 e. The molecule has 1 heterocycles. The van der Waals surface area contributed by atoms with Crippen LogP contribution < -0.4 is 0 Å². The molecule has 1 unspecified atom stereocenters. The van der Waals surface area contributed by atoms with Gasteiger partial charge in [0.1, 0.15) is 5.78 Å². The van der Waals surface area contributed by atoms with Gasteiger partial charge in [-0.25, -0.2) is 0 Å². The summed E-state index contributed by atoms with van der Waals surface area (Å²) in [5, 5.41) is 8.88. The number of nitrogens with zero attached hydrogens (tertiary/aromatic N) is 1. The second-order valence-corrected chi connectivity index (χ2v) is 5.58. The van der Waals surface area contributed by atoms with Crippen LogP contribution in [0.5, 0.6) is 0 Å². The van der Waals surface area contributed by atoms with Gasteiger partial charge in [0.25, 0.3) is 0 Å². The molecule has 2 rings (SSSR count). The fourth-order valence-corrected chi connectivity index (χ4v) is 3.33. The maximum Gasteiger partial charge on any atom is 0.149 e. The number of carbonyl (C=O) groups excluding carboxylic acids is 1. The summed E-state index contributed by atoms with van der Waals surface area (Å²) in [7, 11) is 0. The van der Waals surface area contributed by atoms with Crippen molar-refractivity contribution in [1.29, 1.82) is 0 Å². The summed E-state index contributed by atoms with van der Waals surface area (Å²) in [4.78, 5) is 14.5. The summed E-state index contributed by atoms with van der Waals surface area (Å²) >= 11 is 0. The zero-order valence-corrected chi connectivity index (χ0v) is 10.7. The number of likely N-dealkylation sites (tertiary alicyclic amines) is 1. The van der Waals surface area contributed by atoms with E-state index < -0.39 is 0 Å². The van der Waals surface area contributed by atoms with Gasteiger partial charge < -0.3 is 5.11 Å². The van der Waals surface area contributed by atoms with E-state index in [1.54, 1.807) is 0 Å². The SMILES string of the molecule is O=C(CN1CCCC1CCCO)C1CCCC1. The molecule has 17 heavy (non-hydrogen) atoms. The molecule has 2 aliphatic rings. The van der Waals surface area contributed by atoms with Crippen LogP contribution in [0.1, 0.15) is 51.4 Å². The minimum atomic E-state index is 0.279. The molecule has 3 nitrogen and oxygen atoms in total. The molecule has 1 N–H and O–H groups in total. The van der Waals surface area contributed by atoms with Gasteiger partial charge in [0.05, 0.1) is 6.54 Å². The lowest BCUT2D eigenvalue weighted by atomic mass is 10.0. The lowest BCUT2D eigenvalue weighted by molar-refractivity contribution is -0.124. The Bertz CT molecular complexity index is 249. The Kier molecular flexibility index (Phi) is 4.99. The molecule has 0 bridgehead atoms. The average molecular weight is 239 g/mol. The number of aliphatic hydroxyl groups is 1. The lowest BCUT2D eigenvalue weighted by Gasteiger charge is -2.24. The highest BCUT2D eigenvalue weighted by atomic mass is 16.2. The van der Waals surface area contributed by atoms with Crippen LogP contribution in [0.25, 0.3) is 0 Å². The van der Waals surface area contributed by atoms with Crippen molar-refractivity contribution in [1.82, 2.24) is 4.90 Å². The quantitative estimate of drug-likeness (QED) is 0.770. The molecule has 1 saturated heterocycles. The van der Waals surface area contributed by atoms with E-state index in [9.17, 15) is 4.79 Å². The Morgan fingerprint density at radius 2 is 1.94 bits per heavy atom. The van der Waals surface area contributed by atoms with E-state index in [2.05, 4.69) is 4.90 Å². The second kappa shape index (κ2) is 6.50. The van der Waals surface area contributed by atoms with Crippen LogP contribution in [-0.2, 0) is 4.79 Å². The maximum atomic E-state index is 12.1. The van der Waals surface area contributed by atoms with E-state index in [0.29, 0.717) is 24.3 Å². The molecule has 1 aliphatic heterocycles. The predicted octanol–water partition coefficient (Wildman–Crippen LogP) is 1.98. The standard InChI is InChI=1S/C14H25NO2/c16-10-4-8-13-7-3-9-15(13)11-14(17)12-5-1-2-6-12/h12-13,16H,1-11H2. The Morgan fingerprint density at radius 3 is 2.65 bits per heavy atom. The molecule has 1 aliphatic carbocycles. The van der Waals surface area contributed by atoms with Crippen LogP contribution >= 0.6 is 0 Å². The Morgan fingerprint density at radius 1 is 1.18 bits per heavy atom. The highest BCUT2D eigenvalue weighted by Gasteiger charge is 2.29. The highest BCUT2D eigenvalue weighted by Crippen LogP contribution is 2.27. The molecule has 0 aromatic carbocycles. The summed E-state index contributed by atoms with van der Waals surface area (Å²) < 4.78 is 0. The van der Waals surface area contributed by atoms with Gasteiger partial charge in [0, 0.05) is 18.6 Å². The number of hydrogen-bond acceptors (Lipinski definition) is 3. The van der Waals surface area contributed by atoms with Crippen LogP contribution in [-0.4, -0.2) is 41.5 Å². The first-order valence-corrected chi connectivity index (χ1v) is 7.19. The van der Waals surface area contributed by atoms with Crippen molar-refractivity contribution in [2.75, 3.05) is 19.7 Å². The van der Waals surface area contributed by atoms with E-state index in [1.165, 1.54) is 25.7 Å². The first-order valence-electron chi connectivity index (χ1n) is 7.19. The van der Waals surface area contributed by atoms with E-state index in [0.717, 1.165) is 32.2 Å². The third-order valence-corrected chi connectivity index (χ3v) is 4.36. The Hall–Kier alpha value is -0.410. The van der Waals surface area contributed by atoms with Gasteiger partial charge in [-0.3, -0.25) is 9.69 Å². The van der Waals surface area contributed by atoms with Gasteiger partial charge in [-0.2, -0.15) is 0 Å². The zero-order chi connectivity index (χ0) is 12.1. The number of Topliss-reactive ketones (excluding diaryl/α,β-unsaturated/α-hetero) is 1. The number of carbonyl (C=O) groups is 1. The smallest absolute Gasteiger partial charge is 0.149 e. The van der Waals surface area contributed by atoms with E-state index in [-0.39, 0.29) is 6.61 Å². The highest BCUT2D eigenvalue weighted by molar-refractivity contribution is 5.83. The maximum absolute atomic E-state index is 12.1. The number of aliphatic hydroxyl groups excluding tert-OH is 1. The van der Waals surface area contributed by atoms with Crippen LogP contribution in [0.15, 0.2) is 0 Å². The lowest BCUT2D eigenvalue weighted by Crippen LogP contribution is -2.36. The third kappa shape index (κ3) is 3.52. The third-order valence-electron chi connectivity index (χ3n) is 4.36. The minimum absolute atomic E-state index is 0.279. The van der Waals surface area contributed by atoms with Crippen LogP contribution in [0, 0.1) is 5.92 Å². The van der Waals surface area contributed by atoms with E-state index in [4.69, 9.17) is 5.11 Å². The van der Waals surface area contributed by atoms with Crippen LogP contribution in [0.2, 0.25) is 0 Å². The van der Waals surface area contributed by atoms with Crippen LogP contribution in [0.3, 0.4) is 0 Å². The molecule has 1 atom stereocenters. The fourth-order valence-electron chi connectivity index (χ4n) is 3.33. The summed E-state index contributed by atoms with van der Waals surface area (Å²) in [6.07, 6.45) is 9.07. The molecule has 0 spiro atoms. The molecule has 0 radical (unpaired) electrons. The minimum Gasteiger partial charge on any atom is -0.396 e. The van der Waals surface area contributed by atoms with E-state index in [1.807, 2.05) is 0 Å². The van der Waals surface area contributed by atoms with Gasteiger partial charge in [-0.1, -0.05) is 12.8 Å². The van der Waals surface area contributed by atoms with Gasteiger partial charge in [0.2, 0.25) is 0 Å². The molecule has 1 saturated carbocycles. The summed E-state index contributed by atoms with van der Waals surface area (Å²) in [6, 6.07) is 0.549. The number of ketones is 1. The van der Waals surface area contributed by atoms with Crippen molar-refractivity contribution in [3.8, 4) is 0 Å².